The van der Waals surface area contributed by atoms with Gasteiger partial charge in [-0.1, -0.05) is 37.3 Å². The number of nitrogens with zero attached hydrogens (tertiary/aromatic N) is 1. The van der Waals surface area contributed by atoms with Crippen LogP contribution in [0.3, 0.4) is 0 Å². The van der Waals surface area contributed by atoms with Gasteiger partial charge in [-0.25, -0.2) is 0 Å². The summed E-state index contributed by atoms with van der Waals surface area (Å²) in [6.45, 7) is 3.83. The largest absolute Gasteiger partial charge is 0.353 e. The highest BCUT2D eigenvalue weighted by atomic mass is 16.1. The Hall–Kier alpha value is -1.82. The molecule has 1 N–H and O–H groups in total. The van der Waals surface area contributed by atoms with Crippen LogP contribution in [0.15, 0.2) is 30.3 Å². The normalized spacial score (nSPS) is 13.4. The summed E-state index contributed by atoms with van der Waals surface area (Å²) in [5.41, 5.74) is 1.27. The molecule has 0 fully saturated rings. The van der Waals surface area contributed by atoms with Gasteiger partial charge in [-0.3, -0.25) is 4.79 Å². The number of hydrogen-bond acceptors (Lipinski definition) is 2. The summed E-state index contributed by atoms with van der Waals surface area (Å²) in [5.74, 6) is -0.676. The van der Waals surface area contributed by atoms with E-state index in [-0.39, 0.29) is 11.9 Å². The van der Waals surface area contributed by atoms with Gasteiger partial charge in [0, 0.05) is 6.04 Å². The second kappa shape index (κ2) is 7.50. The fourth-order valence-electron chi connectivity index (χ4n) is 1.78. The maximum absolute atomic E-state index is 11.7. The number of nitrogens with one attached hydrogen (secondary N) is 1. The van der Waals surface area contributed by atoms with Crippen molar-refractivity contribution < 1.29 is 4.79 Å². The van der Waals surface area contributed by atoms with Gasteiger partial charge in [0.1, 0.15) is 5.92 Å². The lowest BCUT2D eigenvalue weighted by atomic mass is 10.0. The van der Waals surface area contributed by atoms with Crippen LogP contribution in [-0.4, -0.2) is 11.9 Å². The Labute approximate surface area is 109 Å². The molecule has 1 aromatic carbocycles. The van der Waals surface area contributed by atoms with Crippen LogP contribution in [-0.2, 0) is 11.2 Å². The summed E-state index contributed by atoms with van der Waals surface area (Å²) in [6, 6.07) is 12.3. The lowest BCUT2D eigenvalue weighted by molar-refractivity contribution is -0.124. The van der Waals surface area contributed by atoms with E-state index in [1.807, 2.05) is 38.1 Å². The van der Waals surface area contributed by atoms with Gasteiger partial charge < -0.3 is 5.32 Å². The zero-order valence-electron chi connectivity index (χ0n) is 11.0. The number of amides is 1. The van der Waals surface area contributed by atoms with Crippen LogP contribution < -0.4 is 5.32 Å². The first kappa shape index (κ1) is 14.2. The number of carbonyl (C=O) groups excluding carboxylic acids is 1. The number of nitriles is 1. The van der Waals surface area contributed by atoms with Gasteiger partial charge in [0.15, 0.2) is 0 Å². The molecule has 0 spiro atoms. The molecule has 0 bridgehead atoms. The first-order chi connectivity index (χ1) is 8.67. The van der Waals surface area contributed by atoms with E-state index in [9.17, 15) is 4.79 Å². The number of carbonyl (C=O) groups is 1. The molecule has 96 valence electrons. The first-order valence-electron chi connectivity index (χ1n) is 6.41. The summed E-state index contributed by atoms with van der Waals surface area (Å²) >= 11 is 0. The third kappa shape index (κ3) is 4.58. The second-order valence-electron chi connectivity index (χ2n) is 4.52. The molecular formula is C15H20N2O. The van der Waals surface area contributed by atoms with Crippen LogP contribution >= 0.6 is 0 Å². The lowest BCUT2D eigenvalue weighted by Gasteiger charge is -2.15. The molecule has 2 unspecified atom stereocenters. The van der Waals surface area contributed by atoms with E-state index in [0.717, 1.165) is 12.8 Å². The van der Waals surface area contributed by atoms with Crippen molar-refractivity contribution in [1.82, 2.24) is 5.32 Å². The van der Waals surface area contributed by atoms with E-state index < -0.39 is 5.92 Å². The van der Waals surface area contributed by atoms with Crippen molar-refractivity contribution in [2.75, 3.05) is 0 Å². The van der Waals surface area contributed by atoms with Crippen molar-refractivity contribution in [3.8, 4) is 6.07 Å². The average molecular weight is 244 g/mol. The molecule has 0 saturated heterocycles. The van der Waals surface area contributed by atoms with Gasteiger partial charge in [-0.2, -0.15) is 5.26 Å². The predicted molar refractivity (Wildman–Crippen MR) is 71.8 cm³/mol. The van der Waals surface area contributed by atoms with Crippen LogP contribution in [0.1, 0.15) is 32.3 Å². The van der Waals surface area contributed by atoms with E-state index in [1.54, 1.807) is 0 Å². The van der Waals surface area contributed by atoms with Crippen molar-refractivity contribution in [1.29, 1.82) is 5.26 Å². The Morgan fingerprint density at radius 2 is 2.06 bits per heavy atom. The molecule has 0 aliphatic heterocycles. The number of benzene rings is 1. The first-order valence-corrected chi connectivity index (χ1v) is 6.41. The molecule has 0 aliphatic carbocycles. The lowest BCUT2D eigenvalue weighted by Crippen LogP contribution is -2.36. The molecule has 1 amide bonds. The molecule has 0 aromatic heterocycles. The van der Waals surface area contributed by atoms with Crippen molar-refractivity contribution in [3.05, 3.63) is 35.9 Å². The van der Waals surface area contributed by atoms with Gasteiger partial charge in [0.2, 0.25) is 5.91 Å². The molecule has 0 saturated carbocycles. The monoisotopic (exact) mass is 244 g/mol. The molecule has 1 aromatic rings. The summed E-state index contributed by atoms with van der Waals surface area (Å²) < 4.78 is 0. The fourth-order valence-corrected chi connectivity index (χ4v) is 1.78. The fraction of sp³-hybridized carbons (Fsp3) is 0.467. The van der Waals surface area contributed by atoms with Gasteiger partial charge in [-0.05, 0) is 31.7 Å². The van der Waals surface area contributed by atoms with Crippen LogP contribution in [0.4, 0.5) is 0 Å². The molecule has 0 radical (unpaired) electrons. The minimum absolute atomic E-state index is 0.0973. The van der Waals surface area contributed by atoms with E-state index in [1.165, 1.54) is 5.56 Å². The predicted octanol–water partition coefficient (Wildman–Crippen LogP) is 2.67. The van der Waals surface area contributed by atoms with E-state index in [2.05, 4.69) is 17.4 Å². The Bertz CT molecular complexity index is 408. The third-order valence-corrected chi connectivity index (χ3v) is 2.98. The minimum Gasteiger partial charge on any atom is -0.353 e. The van der Waals surface area contributed by atoms with Gasteiger partial charge in [0.25, 0.3) is 0 Å². The molecule has 2 atom stereocenters. The summed E-state index contributed by atoms with van der Waals surface area (Å²) in [5, 5.41) is 11.7. The average Bonchev–Trinajstić information content (AvgIpc) is 2.39. The highest BCUT2D eigenvalue weighted by Crippen LogP contribution is 2.06. The zero-order valence-corrected chi connectivity index (χ0v) is 11.0. The van der Waals surface area contributed by atoms with E-state index in [4.69, 9.17) is 5.26 Å². The molecule has 3 nitrogen and oxygen atoms in total. The number of rotatable bonds is 6. The number of aryl methyl sites for hydroxylation is 1. The molecule has 18 heavy (non-hydrogen) atoms. The van der Waals surface area contributed by atoms with Crippen LogP contribution in [0.2, 0.25) is 0 Å². The van der Waals surface area contributed by atoms with Crippen molar-refractivity contribution >= 4 is 5.91 Å². The number of hydrogen-bond donors (Lipinski definition) is 1. The second-order valence-corrected chi connectivity index (χ2v) is 4.52. The van der Waals surface area contributed by atoms with Gasteiger partial charge in [0.05, 0.1) is 6.07 Å². The topological polar surface area (TPSA) is 52.9 Å². The van der Waals surface area contributed by atoms with Crippen LogP contribution in [0.5, 0.6) is 0 Å². The Morgan fingerprint density at radius 1 is 1.39 bits per heavy atom. The molecular weight excluding hydrogens is 224 g/mol. The molecule has 1 rings (SSSR count). The SMILES string of the molecule is CCC(C#N)C(=O)NC(C)CCc1ccccc1. The van der Waals surface area contributed by atoms with Crippen LogP contribution in [0.25, 0.3) is 0 Å². The van der Waals surface area contributed by atoms with Gasteiger partial charge >= 0.3 is 0 Å². The Morgan fingerprint density at radius 3 is 2.61 bits per heavy atom. The van der Waals surface area contributed by atoms with E-state index >= 15 is 0 Å². The summed E-state index contributed by atoms with van der Waals surface area (Å²) in [7, 11) is 0. The quantitative estimate of drug-likeness (QED) is 0.836. The molecule has 3 heteroatoms. The Balaban J connectivity index is 2.36. The Kier molecular flexibility index (Phi) is 5.93. The minimum atomic E-state index is -0.524. The van der Waals surface area contributed by atoms with Crippen molar-refractivity contribution in [2.45, 2.75) is 39.2 Å². The van der Waals surface area contributed by atoms with Crippen molar-refractivity contribution in [2.24, 2.45) is 5.92 Å². The summed E-state index contributed by atoms with van der Waals surface area (Å²) in [4.78, 5) is 11.7. The smallest absolute Gasteiger partial charge is 0.237 e. The van der Waals surface area contributed by atoms with E-state index in [0.29, 0.717) is 6.42 Å². The van der Waals surface area contributed by atoms with Crippen molar-refractivity contribution in [3.63, 3.8) is 0 Å². The standard InChI is InChI=1S/C15H20N2O/c1-3-14(11-16)15(18)17-12(2)9-10-13-7-5-4-6-8-13/h4-8,12,14H,3,9-10H2,1-2H3,(H,17,18). The summed E-state index contributed by atoms with van der Waals surface area (Å²) in [6.07, 6.45) is 2.39. The highest BCUT2D eigenvalue weighted by Gasteiger charge is 2.17. The molecule has 0 heterocycles. The highest BCUT2D eigenvalue weighted by molar-refractivity contribution is 5.81. The molecule has 0 aliphatic rings. The maximum Gasteiger partial charge on any atom is 0.237 e. The third-order valence-electron chi connectivity index (χ3n) is 2.98. The maximum atomic E-state index is 11.7. The van der Waals surface area contributed by atoms with Gasteiger partial charge in [-0.15, -0.1) is 0 Å². The van der Waals surface area contributed by atoms with Crippen LogP contribution in [0, 0.1) is 17.2 Å². The zero-order chi connectivity index (χ0) is 13.4.